The van der Waals surface area contributed by atoms with Crippen molar-refractivity contribution in [1.82, 2.24) is 8.87 Å². The van der Waals surface area contributed by atoms with Gasteiger partial charge in [0.2, 0.25) is 10.0 Å². The quantitative estimate of drug-likeness (QED) is 0.560. The molecule has 170 valence electrons. The second-order valence-corrected chi connectivity index (χ2v) is 11.6. The summed E-state index contributed by atoms with van der Waals surface area (Å²) in [5, 5.41) is 0. The molecule has 1 fully saturated rings. The highest BCUT2D eigenvalue weighted by atomic mass is 32.2. The van der Waals surface area contributed by atoms with Gasteiger partial charge in [-0.2, -0.15) is 9.30 Å². The molecule has 0 N–H and O–H groups in total. The molecular formula is C24H29N3O3S2. The van der Waals surface area contributed by atoms with Crippen LogP contribution in [0.4, 0.5) is 0 Å². The van der Waals surface area contributed by atoms with Crippen LogP contribution >= 0.6 is 11.3 Å². The second-order valence-electron chi connectivity index (χ2n) is 8.58. The van der Waals surface area contributed by atoms with Gasteiger partial charge in [0.1, 0.15) is 0 Å². The summed E-state index contributed by atoms with van der Waals surface area (Å²) in [4.78, 5) is 18.0. The first-order chi connectivity index (χ1) is 15.2. The van der Waals surface area contributed by atoms with Gasteiger partial charge in [0, 0.05) is 25.7 Å². The standard InChI is InChI=1S/C24H29N3O3S2/c1-16-10-11-17(2)22-21(16)26(3)24(31-22)25-23(28)18-12-14-20(15-13-18)32(29,30)27(4)19-8-6-5-7-9-19/h10-15,19H,5-9H2,1-4H3. The van der Waals surface area contributed by atoms with E-state index in [0.29, 0.717) is 10.4 Å². The fourth-order valence-electron chi connectivity index (χ4n) is 4.40. The topological polar surface area (TPSA) is 71.7 Å². The molecule has 0 bridgehead atoms. The maximum absolute atomic E-state index is 13.0. The third kappa shape index (κ3) is 4.19. The molecule has 4 rings (SSSR count). The Hall–Kier alpha value is -2.29. The molecule has 1 aliphatic carbocycles. The minimum absolute atomic E-state index is 0.0462. The number of amides is 1. The first-order valence-electron chi connectivity index (χ1n) is 10.9. The number of nitrogens with zero attached hydrogens (tertiary/aromatic N) is 3. The van der Waals surface area contributed by atoms with Gasteiger partial charge in [-0.3, -0.25) is 4.79 Å². The SMILES string of the molecule is Cc1ccc(C)c2c1sc(=NC(=O)c1ccc(S(=O)(=O)N(C)C3CCCCC3)cc1)n2C. The molecule has 6 nitrogen and oxygen atoms in total. The molecule has 3 aromatic rings. The highest BCUT2D eigenvalue weighted by molar-refractivity contribution is 7.89. The van der Waals surface area contributed by atoms with E-state index in [0.717, 1.165) is 47.0 Å². The summed E-state index contributed by atoms with van der Waals surface area (Å²) >= 11 is 1.49. The van der Waals surface area contributed by atoms with Crippen LogP contribution in [0.25, 0.3) is 10.2 Å². The van der Waals surface area contributed by atoms with Crippen molar-refractivity contribution >= 4 is 37.5 Å². The lowest BCUT2D eigenvalue weighted by molar-refractivity contribution is 0.0998. The lowest BCUT2D eigenvalue weighted by Gasteiger charge is -2.30. The molecule has 0 radical (unpaired) electrons. The summed E-state index contributed by atoms with van der Waals surface area (Å²) in [6, 6.07) is 10.3. The maximum atomic E-state index is 13.0. The summed E-state index contributed by atoms with van der Waals surface area (Å²) < 4.78 is 30.6. The summed E-state index contributed by atoms with van der Waals surface area (Å²) in [6.07, 6.45) is 5.09. The zero-order valence-electron chi connectivity index (χ0n) is 19.0. The van der Waals surface area contributed by atoms with Gasteiger partial charge in [-0.15, -0.1) is 0 Å². The van der Waals surface area contributed by atoms with Crippen LogP contribution in [-0.2, 0) is 17.1 Å². The molecule has 8 heteroatoms. The molecule has 2 aromatic carbocycles. The van der Waals surface area contributed by atoms with E-state index in [1.807, 2.05) is 25.5 Å². The first kappa shape index (κ1) is 22.9. The van der Waals surface area contributed by atoms with E-state index in [9.17, 15) is 13.2 Å². The monoisotopic (exact) mass is 471 g/mol. The minimum Gasteiger partial charge on any atom is -0.319 e. The minimum atomic E-state index is -3.58. The number of carbonyl (C=O) groups is 1. The highest BCUT2D eigenvalue weighted by Crippen LogP contribution is 2.27. The van der Waals surface area contributed by atoms with Crippen molar-refractivity contribution in [3.63, 3.8) is 0 Å². The molecule has 32 heavy (non-hydrogen) atoms. The van der Waals surface area contributed by atoms with Crippen molar-refractivity contribution in [1.29, 1.82) is 0 Å². The number of hydrogen-bond donors (Lipinski definition) is 0. The third-order valence-electron chi connectivity index (χ3n) is 6.41. The molecule has 1 saturated carbocycles. The molecule has 0 aliphatic heterocycles. The van der Waals surface area contributed by atoms with Gasteiger partial charge < -0.3 is 4.57 Å². The Kier molecular flexibility index (Phi) is 6.38. The van der Waals surface area contributed by atoms with Crippen molar-refractivity contribution in [2.24, 2.45) is 12.0 Å². The average molecular weight is 472 g/mol. The molecule has 1 aliphatic rings. The number of fused-ring (bicyclic) bond motifs is 1. The third-order valence-corrected chi connectivity index (χ3v) is 9.60. The van der Waals surface area contributed by atoms with Crippen molar-refractivity contribution in [2.75, 3.05) is 7.05 Å². The van der Waals surface area contributed by atoms with Crippen LogP contribution in [-0.4, -0.2) is 36.3 Å². The summed E-state index contributed by atoms with van der Waals surface area (Å²) in [7, 11) is -0.0154. The number of aryl methyl sites for hydroxylation is 3. The lowest BCUT2D eigenvalue weighted by Crippen LogP contribution is -2.38. The Morgan fingerprint density at radius 3 is 2.28 bits per heavy atom. The zero-order chi connectivity index (χ0) is 23.0. The van der Waals surface area contributed by atoms with E-state index in [4.69, 9.17) is 0 Å². The van der Waals surface area contributed by atoms with E-state index in [1.165, 1.54) is 34.2 Å². The van der Waals surface area contributed by atoms with Gasteiger partial charge in [0.05, 0.1) is 15.1 Å². The Morgan fingerprint density at radius 2 is 1.66 bits per heavy atom. The van der Waals surface area contributed by atoms with E-state index in [-0.39, 0.29) is 16.8 Å². The van der Waals surface area contributed by atoms with E-state index >= 15 is 0 Å². The zero-order valence-corrected chi connectivity index (χ0v) is 20.6. The van der Waals surface area contributed by atoms with Crippen LogP contribution < -0.4 is 4.80 Å². The maximum Gasteiger partial charge on any atom is 0.279 e. The number of sulfonamides is 1. The van der Waals surface area contributed by atoms with E-state index in [2.05, 4.69) is 17.1 Å². The molecule has 0 unspecified atom stereocenters. The van der Waals surface area contributed by atoms with Crippen molar-refractivity contribution < 1.29 is 13.2 Å². The summed E-state index contributed by atoms with van der Waals surface area (Å²) in [6.45, 7) is 4.09. The number of benzene rings is 2. The van der Waals surface area contributed by atoms with Crippen molar-refractivity contribution in [3.05, 3.63) is 57.9 Å². The molecule has 1 aromatic heterocycles. The predicted molar refractivity (Wildman–Crippen MR) is 128 cm³/mol. The van der Waals surface area contributed by atoms with Crippen molar-refractivity contribution in [3.8, 4) is 0 Å². The van der Waals surface area contributed by atoms with E-state index in [1.54, 1.807) is 19.2 Å². The summed E-state index contributed by atoms with van der Waals surface area (Å²) in [5.41, 5.74) is 3.73. The Bertz CT molecular complexity index is 1330. The fourth-order valence-corrected chi connectivity index (χ4v) is 6.98. The Balaban J connectivity index is 1.61. The highest BCUT2D eigenvalue weighted by Gasteiger charge is 2.29. The predicted octanol–water partition coefficient (Wildman–Crippen LogP) is 4.55. The van der Waals surface area contributed by atoms with Crippen LogP contribution in [0, 0.1) is 13.8 Å². The van der Waals surface area contributed by atoms with Gasteiger partial charge in [-0.25, -0.2) is 8.42 Å². The molecular weight excluding hydrogens is 442 g/mol. The Labute approximate surface area is 193 Å². The molecule has 1 heterocycles. The van der Waals surface area contributed by atoms with Gasteiger partial charge in [-0.1, -0.05) is 42.7 Å². The summed E-state index contributed by atoms with van der Waals surface area (Å²) in [5.74, 6) is -0.382. The lowest BCUT2D eigenvalue weighted by atomic mass is 9.96. The van der Waals surface area contributed by atoms with Crippen LogP contribution in [0.3, 0.4) is 0 Å². The number of aromatic nitrogens is 1. The van der Waals surface area contributed by atoms with Crippen LogP contribution in [0.15, 0.2) is 46.3 Å². The smallest absolute Gasteiger partial charge is 0.279 e. The van der Waals surface area contributed by atoms with Gasteiger partial charge in [-0.05, 0) is 62.1 Å². The average Bonchev–Trinajstić information content (AvgIpc) is 3.13. The number of rotatable bonds is 4. The molecule has 0 spiro atoms. The van der Waals surface area contributed by atoms with Gasteiger partial charge in [0.25, 0.3) is 5.91 Å². The molecule has 1 amide bonds. The second kappa shape index (κ2) is 8.92. The fraction of sp³-hybridized carbons (Fsp3) is 0.417. The van der Waals surface area contributed by atoms with Crippen LogP contribution in [0.2, 0.25) is 0 Å². The van der Waals surface area contributed by atoms with Gasteiger partial charge >= 0.3 is 0 Å². The number of carbonyl (C=O) groups excluding carboxylic acids is 1. The Morgan fingerprint density at radius 1 is 1.03 bits per heavy atom. The largest absolute Gasteiger partial charge is 0.319 e. The first-order valence-corrected chi connectivity index (χ1v) is 13.2. The molecule has 0 atom stereocenters. The van der Waals surface area contributed by atoms with Crippen LogP contribution in [0.5, 0.6) is 0 Å². The van der Waals surface area contributed by atoms with Crippen molar-refractivity contribution in [2.45, 2.75) is 56.9 Å². The number of hydrogen-bond acceptors (Lipinski definition) is 4. The molecule has 0 saturated heterocycles. The number of thiazole rings is 1. The normalized spacial score (nSPS) is 16.2. The van der Waals surface area contributed by atoms with Gasteiger partial charge in [0.15, 0.2) is 4.80 Å². The van der Waals surface area contributed by atoms with E-state index < -0.39 is 10.0 Å². The van der Waals surface area contributed by atoms with Crippen LogP contribution in [0.1, 0.15) is 53.6 Å².